The summed E-state index contributed by atoms with van der Waals surface area (Å²) in [5, 5.41) is 2.96. The fourth-order valence-corrected chi connectivity index (χ4v) is 3.05. The Labute approximate surface area is 153 Å². The maximum atomic E-state index is 12.4. The number of rotatable bonds is 7. The molecular weight excluding hydrogens is 328 g/mol. The highest BCUT2D eigenvalue weighted by Crippen LogP contribution is 2.16. The molecule has 136 valence electrons. The van der Waals surface area contributed by atoms with Gasteiger partial charge in [0.05, 0.1) is 17.4 Å². The first-order valence-electron chi connectivity index (χ1n) is 8.98. The van der Waals surface area contributed by atoms with Crippen LogP contribution >= 0.6 is 0 Å². The van der Waals surface area contributed by atoms with Gasteiger partial charge in [-0.1, -0.05) is 30.3 Å². The van der Waals surface area contributed by atoms with Crippen LogP contribution in [-0.2, 0) is 11.2 Å². The van der Waals surface area contributed by atoms with E-state index >= 15 is 0 Å². The molecule has 0 atom stereocenters. The van der Waals surface area contributed by atoms with Crippen molar-refractivity contribution in [1.29, 1.82) is 0 Å². The van der Waals surface area contributed by atoms with Gasteiger partial charge in [0, 0.05) is 38.9 Å². The number of nitrogens with one attached hydrogen (secondary N) is 1. The van der Waals surface area contributed by atoms with Gasteiger partial charge in [0.15, 0.2) is 0 Å². The monoisotopic (exact) mass is 352 g/mol. The van der Waals surface area contributed by atoms with E-state index in [-0.39, 0.29) is 5.91 Å². The predicted octanol–water partition coefficient (Wildman–Crippen LogP) is 1.72. The molecular formula is C20H24N4O2. The Morgan fingerprint density at radius 1 is 1.12 bits per heavy atom. The first-order chi connectivity index (χ1) is 12.8. The Morgan fingerprint density at radius 3 is 2.62 bits per heavy atom. The number of amides is 2. The van der Waals surface area contributed by atoms with Crippen molar-refractivity contribution in [3.63, 3.8) is 0 Å². The molecule has 0 aliphatic carbocycles. The van der Waals surface area contributed by atoms with Crippen molar-refractivity contribution < 1.29 is 9.59 Å². The number of hydrogen-bond donors (Lipinski definition) is 1. The average Bonchev–Trinajstić information content (AvgIpc) is 2.72. The minimum Gasteiger partial charge on any atom is -0.367 e. The molecule has 1 aromatic carbocycles. The molecule has 0 unspecified atom stereocenters. The van der Waals surface area contributed by atoms with E-state index < -0.39 is 0 Å². The smallest absolute Gasteiger partial charge is 0.252 e. The molecule has 0 saturated carbocycles. The summed E-state index contributed by atoms with van der Waals surface area (Å²) in [7, 11) is 0. The topological polar surface area (TPSA) is 65.5 Å². The number of aromatic nitrogens is 1. The third-order valence-electron chi connectivity index (χ3n) is 4.59. The number of aryl methyl sites for hydroxylation is 1. The van der Waals surface area contributed by atoms with Gasteiger partial charge in [-0.2, -0.15) is 0 Å². The van der Waals surface area contributed by atoms with Gasteiger partial charge in [0.25, 0.3) is 5.91 Å². The SMILES string of the molecule is O=CN1CCN(c2cncc(C(=O)NCCCc3ccccc3)c2)CC1. The van der Waals surface area contributed by atoms with Gasteiger partial charge < -0.3 is 15.1 Å². The van der Waals surface area contributed by atoms with Gasteiger partial charge in [-0.25, -0.2) is 0 Å². The first-order valence-corrected chi connectivity index (χ1v) is 8.98. The van der Waals surface area contributed by atoms with Crippen molar-refractivity contribution in [2.24, 2.45) is 0 Å². The second-order valence-corrected chi connectivity index (χ2v) is 6.41. The van der Waals surface area contributed by atoms with Gasteiger partial charge in [0.1, 0.15) is 0 Å². The van der Waals surface area contributed by atoms with E-state index in [9.17, 15) is 9.59 Å². The second-order valence-electron chi connectivity index (χ2n) is 6.41. The molecule has 2 heterocycles. The summed E-state index contributed by atoms with van der Waals surface area (Å²) in [5.74, 6) is -0.0982. The van der Waals surface area contributed by atoms with Crippen LogP contribution in [-0.4, -0.2) is 54.9 Å². The van der Waals surface area contributed by atoms with Crippen molar-refractivity contribution in [2.75, 3.05) is 37.6 Å². The van der Waals surface area contributed by atoms with Crippen LogP contribution in [0.25, 0.3) is 0 Å². The fourth-order valence-electron chi connectivity index (χ4n) is 3.05. The molecule has 6 heteroatoms. The van der Waals surface area contributed by atoms with Crippen molar-refractivity contribution in [3.8, 4) is 0 Å². The molecule has 1 aliphatic rings. The molecule has 26 heavy (non-hydrogen) atoms. The lowest BCUT2D eigenvalue weighted by Gasteiger charge is -2.34. The van der Waals surface area contributed by atoms with Gasteiger partial charge in [0.2, 0.25) is 6.41 Å². The molecule has 0 bridgehead atoms. The largest absolute Gasteiger partial charge is 0.367 e. The maximum Gasteiger partial charge on any atom is 0.252 e. The molecule has 6 nitrogen and oxygen atoms in total. The zero-order valence-corrected chi connectivity index (χ0v) is 14.8. The van der Waals surface area contributed by atoms with Crippen LogP contribution in [0, 0.1) is 0 Å². The number of anilines is 1. The third kappa shape index (κ3) is 4.81. The molecule has 3 rings (SSSR count). The number of piperazine rings is 1. The summed E-state index contributed by atoms with van der Waals surface area (Å²) in [5.41, 5.74) is 2.77. The minimum atomic E-state index is -0.0982. The summed E-state index contributed by atoms with van der Waals surface area (Å²) < 4.78 is 0. The van der Waals surface area contributed by atoms with Crippen molar-refractivity contribution >= 4 is 18.0 Å². The number of carbonyl (C=O) groups excluding carboxylic acids is 2. The molecule has 1 saturated heterocycles. The highest BCUT2D eigenvalue weighted by atomic mass is 16.1. The van der Waals surface area contributed by atoms with E-state index in [0.717, 1.165) is 38.0 Å². The molecule has 1 fully saturated rings. The van der Waals surface area contributed by atoms with Crippen LogP contribution in [0.4, 0.5) is 5.69 Å². The Kier molecular flexibility index (Phi) is 6.19. The van der Waals surface area contributed by atoms with Gasteiger partial charge in [-0.15, -0.1) is 0 Å². The lowest BCUT2D eigenvalue weighted by molar-refractivity contribution is -0.118. The number of benzene rings is 1. The predicted molar refractivity (Wildman–Crippen MR) is 101 cm³/mol. The van der Waals surface area contributed by atoms with Gasteiger partial charge >= 0.3 is 0 Å². The van der Waals surface area contributed by atoms with Crippen molar-refractivity contribution in [1.82, 2.24) is 15.2 Å². The summed E-state index contributed by atoms with van der Waals surface area (Å²) >= 11 is 0. The van der Waals surface area contributed by atoms with Crippen LogP contribution < -0.4 is 10.2 Å². The normalized spacial score (nSPS) is 14.2. The Morgan fingerprint density at radius 2 is 1.88 bits per heavy atom. The molecule has 2 aromatic rings. The highest BCUT2D eigenvalue weighted by molar-refractivity contribution is 5.94. The van der Waals surface area contributed by atoms with Gasteiger partial charge in [-0.05, 0) is 24.5 Å². The number of carbonyl (C=O) groups is 2. The second kappa shape index (κ2) is 8.99. The van der Waals surface area contributed by atoms with Crippen LogP contribution in [0.2, 0.25) is 0 Å². The zero-order chi connectivity index (χ0) is 18.2. The summed E-state index contributed by atoms with van der Waals surface area (Å²) in [6, 6.07) is 12.1. The molecule has 0 spiro atoms. The Hall–Kier alpha value is -2.89. The molecule has 1 aliphatic heterocycles. The lowest BCUT2D eigenvalue weighted by atomic mass is 10.1. The Balaban J connectivity index is 1.49. The average molecular weight is 352 g/mol. The van der Waals surface area contributed by atoms with E-state index in [0.29, 0.717) is 25.2 Å². The highest BCUT2D eigenvalue weighted by Gasteiger charge is 2.17. The lowest BCUT2D eigenvalue weighted by Crippen LogP contribution is -2.45. The van der Waals surface area contributed by atoms with Crippen LogP contribution in [0.5, 0.6) is 0 Å². The zero-order valence-electron chi connectivity index (χ0n) is 14.8. The van der Waals surface area contributed by atoms with E-state index in [1.165, 1.54) is 5.56 Å². The third-order valence-corrected chi connectivity index (χ3v) is 4.59. The molecule has 0 radical (unpaired) electrons. The fraction of sp³-hybridized carbons (Fsp3) is 0.350. The summed E-state index contributed by atoms with van der Waals surface area (Å²) in [6.07, 6.45) is 6.09. The Bertz CT molecular complexity index is 728. The number of pyridine rings is 1. The summed E-state index contributed by atoms with van der Waals surface area (Å²) in [4.78, 5) is 31.3. The molecule has 2 amide bonds. The van der Waals surface area contributed by atoms with E-state index in [2.05, 4.69) is 27.3 Å². The number of nitrogens with zero attached hydrogens (tertiary/aromatic N) is 3. The van der Waals surface area contributed by atoms with Crippen LogP contribution in [0.15, 0.2) is 48.8 Å². The van der Waals surface area contributed by atoms with E-state index in [1.54, 1.807) is 17.3 Å². The first kappa shape index (κ1) is 17.9. The van der Waals surface area contributed by atoms with Crippen molar-refractivity contribution in [2.45, 2.75) is 12.8 Å². The van der Waals surface area contributed by atoms with E-state index in [4.69, 9.17) is 0 Å². The standard InChI is InChI=1S/C20H24N4O2/c25-16-23-9-11-24(12-10-23)19-13-18(14-21-15-19)20(26)22-8-4-7-17-5-2-1-3-6-17/h1-3,5-6,13-16H,4,7-12H2,(H,22,26). The van der Waals surface area contributed by atoms with Gasteiger partial charge in [-0.3, -0.25) is 14.6 Å². The van der Waals surface area contributed by atoms with Crippen LogP contribution in [0.3, 0.4) is 0 Å². The molecule has 1 N–H and O–H groups in total. The van der Waals surface area contributed by atoms with Crippen molar-refractivity contribution in [3.05, 3.63) is 59.9 Å². The quantitative estimate of drug-likeness (QED) is 0.609. The minimum absolute atomic E-state index is 0.0982. The maximum absolute atomic E-state index is 12.4. The molecule has 1 aromatic heterocycles. The van der Waals surface area contributed by atoms with E-state index in [1.807, 2.05) is 24.3 Å². The van der Waals surface area contributed by atoms with Crippen LogP contribution in [0.1, 0.15) is 22.3 Å². The summed E-state index contributed by atoms with van der Waals surface area (Å²) in [6.45, 7) is 3.53. The number of hydrogen-bond acceptors (Lipinski definition) is 4.